The number of hydrogen-bond donors (Lipinski definition) is 1. The standard InChI is InChI=1S/C26H23FN4O3/c1-15-13-33-25(28)31-26(15)19-10-16(18-5-2-8-29-24(18)27)6-7-22(19)34-23-12-30-21(11-20(23)26)17-4-3-9-32-14-17/h2,4-8,10-12,15H,3,9,13-14H2,1H3,(H2,28,31)/t15-,26?/m0/s1. The minimum atomic E-state index is -0.881. The number of aromatic nitrogens is 2. The van der Waals surface area contributed by atoms with Crippen molar-refractivity contribution in [3.05, 3.63) is 77.6 Å². The summed E-state index contributed by atoms with van der Waals surface area (Å²) in [5, 5.41) is 0. The van der Waals surface area contributed by atoms with Crippen molar-refractivity contribution >= 4 is 11.6 Å². The third-order valence-corrected chi connectivity index (χ3v) is 6.68. The van der Waals surface area contributed by atoms with Crippen LogP contribution in [0.2, 0.25) is 0 Å². The number of nitrogens with two attached hydrogens (primary N) is 1. The van der Waals surface area contributed by atoms with Gasteiger partial charge < -0.3 is 19.9 Å². The number of ether oxygens (including phenoxy) is 3. The van der Waals surface area contributed by atoms with Crippen molar-refractivity contribution in [2.75, 3.05) is 19.8 Å². The van der Waals surface area contributed by atoms with Gasteiger partial charge in [-0.05, 0) is 47.9 Å². The molecule has 3 aliphatic rings. The van der Waals surface area contributed by atoms with Crippen molar-refractivity contribution in [2.45, 2.75) is 18.9 Å². The van der Waals surface area contributed by atoms with Crippen LogP contribution in [0.5, 0.6) is 11.5 Å². The number of benzene rings is 1. The van der Waals surface area contributed by atoms with Gasteiger partial charge in [-0.3, -0.25) is 4.98 Å². The predicted molar refractivity (Wildman–Crippen MR) is 125 cm³/mol. The SMILES string of the molecule is C[C@H]1COC(N)=NC12c1cc(-c3cccnc3F)ccc1Oc1cnc(C3=CCCOC3)cc12. The fourth-order valence-electron chi connectivity index (χ4n) is 4.98. The smallest absolute Gasteiger partial charge is 0.283 e. The highest BCUT2D eigenvalue weighted by Gasteiger charge is 2.49. The number of pyridine rings is 2. The van der Waals surface area contributed by atoms with Crippen LogP contribution in [-0.2, 0) is 15.0 Å². The Morgan fingerprint density at radius 2 is 2.00 bits per heavy atom. The van der Waals surface area contributed by atoms with Crippen molar-refractivity contribution in [1.82, 2.24) is 9.97 Å². The van der Waals surface area contributed by atoms with Gasteiger partial charge in [-0.1, -0.05) is 19.1 Å². The van der Waals surface area contributed by atoms with E-state index in [0.29, 0.717) is 42.4 Å². The summed E-state index contributed by atoms with van der Waals surface area (Å²) >= 11 is 0. The zero-order valence-corrected chi connectivity index (χ0v) is 18.6. The van der Waals surface area contributed by atoms with Crippen LogP contribution in [0.25, 0.3) is 16.7 Å². The Hall–Kier alpha value is -3.78. The van der Waals surface area contributed by atoms with E-state index in [1.807, 2.05) is 24.3 Å². The van der Waals surface area contributed by atoms with Crippen LogP contribution in [0.1, 0.15) is 30.2 Å². The van der Waals surface area contributed by atoms with Gasteiger partial charge in [0.25, 0.3) is 6.02 Å². The number of hydrogen-bond acceptors (Lipinski definition) is 7. The van der Waals surface area contributed by atoms with E-state index in [9.17, 15) is 4.39 Å². The molecule has 1 spiro atoms. The Bertz CT molecular complexity index is 1360. The predicted octanol–water partition coefficient (Wildman–Crippen LogP) is 4.42. The average molecular weight is 458 g/mol. The third kappa shape index (κ3) is 3.17. The van der Waals surface area contributed by atoms with Gasteiger partial charge in [0.15, 0.2) is 5.75 Å². The molecular weight excluding hydrogens is 435 g/mol. The van der Waals surface area contributed by atoms with Crippen molar-refractivity contribution in [1.29, 1.82) is 0 Å². The number of nitrogens with zero attached hydrogens (tertiary/aromatic N) is 3. The highest BCUT2D eigenvalue weighted by Crippen LogP contribution is 2.54. The van der Waals surface area contributed by atoms with Gasteiger partial charge in [0.05, 0.1) is 31.7 Å². The van der Waals surface area contributed by atoms with Crippen molar-refractivity contribution < 1.29 is 18.6 Å². The summed E-state index contributed by atoms with van der Waals surface area (Å²) in [5.41, 5.74) is 9.83. The molecule has 7 nitrogen and oxygen atoms in total. The van der Waals surface area contributed by atoms with E-state index >= 15 is 0 Å². The van der Waals surface area contributed by atoms with E-state index in [2.05, 4.69) is 23.0 Å². The van der Waals surface area contributed by atoms with Gasteiger partial charge >= 0.3 is 0 Å². The quantitative estimate of drug-likeness (QED) is 0.572. The van der Waals surface area contributed by atoms with E-state index in [1.165, 1.54) is 6.20 Å². The molecule has 0 bridgehead atoms. The second-order valence-corrected chi connectivity index (χ2v) is 8.72. The molecule has 0 saturated heterocycles. The zero-order chi connectivity index (χ0) is 23.3. The molecule has 0 fully saturated rings. The topological polar surface area (TPSA) is 91.9 Å². The molecule has 172 valence electrons. The van der Waals surface area contributed by atoms with Gasteiger partial charge in [-0.2, -0.15) is 4.39 Å². The lowest BCUT2D eigenvalue weighted by Crippen LogP contribution is -2.45. The molecule has 8 heteroatoms. The maximum absolute atomic E-state index is 14.5. The van der Waals surface area contributed by atoms with Crippen LogP contribution >= 0.6 is 0 Å². The van der Waals surface area contributed by atoms with Gasteiger partial charge in [0, 0.05) is 28.8 Å². The molecule has 0 aliphatic carbocycles. The summed E-state index contributed by atoms with van der Waals surface area (Å²) in [7, 11) is 0. The second kappa shape index (κ2) is 7.92. The minimum Gasteiger partial charge on any atom is -0.465 e. The summed E-state index contributed by atoms with van der Waals surface area (Å²) in [6, 6.07) is 11.1. The van der Waals surface area contributed by atoms with Crippen LogP contribution < -0.4 is 10.5 Å². The van der Waals surface area contributed by atoms with Crippen LogP contribution in [-0.4, -0.2) is 35.8 Å². The molecule has 34 heavy (non-hydrogen) atoms. The maximum atomic E-state index is 14.5. The summed E-state index contributed by atoms with van der Waals surface area (Å²) in [6.45, 7) is 3.65. The first-order chi connectivity index (χ1) is 16.6. The number of aliphatic imine (C=N–C) groups is 1. The first-order valence-corrected chi connectivity index (χ1v) is 11.3. The highest BCUT2D eigenvalue weighted by molar-refractivity contribution is 5.77. The molecule has 0 saturated carbocycles. The lowest BCUT2D eigenvalue weighted by atomic mass is 9.71. The van der Waals surface area contributed by atoms with Gasteiger partial charge in [0.2, 0.25) is 5.95 Å². The summed E-state index contributed by atoms with van der Waals surface area (Å²) in [6.07, 6.45) is 6.15. The minimum absolute atomic E-state index is 0.0815. The van der Waals surface area contributed by atoms with E-state index in [-0.39, 0.29) is 11.9 Å². The Balaban J connectivity index is 1.59. The lowest BCUT2D eigenvalue weighted by Gasteiger charge is -2.43. The maximum Gasteiger partial charge on any atom is 0.283 e. The Morgan fingerprint density at radius 1 is 1.12 bits per heavy atom. The molecule has 5 heterocycles. The number of halogens is 1. The fourth-order valence-corrected chi connectivity index (χ4v) is 4.98. The van der Waals surface area contributed by atoms with E-state index in [4.69, 9.17) is 24.9 Å². The molecule has 3 aromatic rings. The van der Waals surface area contributed by atoms with E-state index in [1.54, 1.807) is 18.3 Å². The summed E-state index contributed by atoms with van der Waals surface area (Å²) < 4.78 is 32.1. The molecule has 2 N–H and O–H groups in total. The monoisotopic (exact) mass is 458 g/mol. The molecule has 0 amide bonds. The number of fused-ring (bicyclic) bond motifs is 4. The molecular formula is C26H23FN4O3. The van der Waals surface area contributed by atoms with Gasteiger partial charge in [-0.15, -0.1) is 0 Å². The fraction of sp³-hybridized carbons (Fsp3) is 0.269. The number of rotatable bonds is 2. The highest BCUT2D eigenvalue weighted by atomic mass is 19.1. The number of amidine groups is 1. The Morgan fingerprint density at radius 3 is 2.82 bits per heavy atom. The van der Waals surface area contributed by atoms with Crippen LogP contribution in [0.15, 0.2) is 59.9 Å². The molecule has 3 aliphatic heterocycles. The van der Waals surface area contributed by atoms with E-state index < -0.39 is 11.5 Å². The third-order valence-electron chi connectivity index (χ3n) is 6.68. The molecule has 1 aromatic carbocycles. The van der Waals surface area contributed by atoms with Crippen LogP contribution in [0.3, 0.4) is 0 Å². The normalized spacial score (nSPS) is 23.2. The van der Waals surface area contributed by atoms with Crippen LogP contribution in [0.4, 0.5) is 4.39 Å². The average Bonchev–Trinajstić information content (AvgIpc) is 2.87. The zero-order valence-electron chi connectivity index (χ0n) is 18.6. The van der Waals surface area contributed by atoms with Gasteiger partial charge in [-0.25, -0.2) is 9.98 Å². The molecule has 6 rings (SSSR count). The summed E-state index contributed by atoms with van der Waals surface area (Å²) in [5.74, 6) is 0.620. The first-order valence-electron chi connectivity index (χ1n) is 11.3. The van der Waals surface area contributed by atoms with Gasteiger partial charge in [0.1, 0.15) is 11.3 Å². The molecule has 2 aromatic heterocycles. The second-order valence-electron chi connectivity index (χ2n) is 8.72. The molecule has 2 atom stereocenters. The summed E-state index contributed by atoms with van der Waals surface area (Å²) in [4.78, 5) is 13.3. The van der Waals surface area contributed by atoms with Crippen LogP contribution in [0, 0.1) is 11.9 Å². The van der Waals surface area contributed by atoms with Crippen molar-refractivity contribution in [2.24, 2.45) is 16.6 Å². The Labute approximate surface area is 196 Å². The lowest BCUT2D eigenvalue weighted by molar-refractivity contribution is 0.152. The molecule has 1 unspecified atom stereocenters. The first kappa shape index (κ1) is 20.8. The van der Waals surface area contributed by atoms with Crippen molar-refractivity contribution in [3.8, 4) is 22.6 Å². The largest absolute Gasteiger partial charge is 0.465 e. The molecule has 0 radical (unpaired) electrons. The van der Waals surface area contributed by atoms with E-state index in [0.717, 1.165) is 28.8 Å². The Kier molecular flexibility index (Phi) is 4.84. The van der Waals surface area contributed by atoms with Crippen molar-refractivity contribution in [3.63, 3.8) is 0 Å².